The molecule has 2 heteroatoms. The molecule has 2 aliphatic rings. The van der Waals surface area contributed by atoms with E-state index in [9.17, 15) is 10.2 Å². The first-order valence-corrected chi connectivity index (χ1v) is 6.87. The molecule has 0 saturated heterocycles. The Morgan fingerprint density at radius 2 is 2.00 bits per heavy atom. The Kier molecular flexibility index (Phi) is 3.16. The predicted molar refractivity (Wildman–Crippen MR) is 69.6 cm³/mol. The fourth-order valence-electron chi connectivity index (χ4n) is 3.69. The third-order valence-electron chi connectivity index (χ3n) is 5.39. The molecule has 2 aliphatic carbocycles. The molecule has 2 nitrogen and oxygen atoms in total. The molecule has 4 atom stereocenters. The van der Waals surface area contributed by atoms with Crippen LogP contribution >= 0.6 is 0 Å². The van der Waals surface area contributed by atoms with Crippen LogP contribution in [0, 0.1) is 17.3 Å². The minimum absolute atomic E-state index is 0.168. The van der Waals surface area contributed by atoms with Crippen LogP contribution in [0.2, 0.25) is 0 Å². The third-order valence-corrected chi connectivity index (χ3v) is 5.39. The van der Waals surface area contributed by atoms with Crippen molar-refractivity contribution in [1.82, 2.24) is 0 Å². The first kappa shape index (κ1) is 13.1. The molecular formula is C15H26O2. The zero-order chi connectivity index (χ0) is 12.8. The van der Waals surface area contributed by atoms with Crippen molar-refractivity contribution in [2.24, 2.45) is 17.3 Å². The van der Waals surface area contributed by atoms with Crippen molar-refractivity contribution in [3.05, 3.63) is 11.6 Å². The number of fused-ring (bicyclic) bond motifs is 1. The number of allylic oxidation sites excluding steroid dienone is 2. The van der Waals surface area contributed by atoms with E-state index in [2.05, 4.69) is 26.8 Å². The Morgan fingerprint density at radius 3 is 2.59 bits per heavy atom. The molecule has 0 heterocycles. The van der Waals surface area contributed by atoms with Crippen LogP contribution in [0.5, 0.6) is 0 Å². The summed E-state index contributed by atoms with van der Waals surface area (Å²) in [5.74, 6) is 0.761. The van der Waals surface area contributed by atoms with Crippen LogP contribution in [0.3, 0.4) is 0 Å². The van der Waals surface area contributed by atoms with Gasteiger partial charge in [-0.15, -0.1) is 0 Å². The highest BCUT2D eigenvalue weighted by Gasteiger charge is 2.55. The van der Waals surface area contributed by atoms with Gasteiger partial charge in [0.2, 0.25) is 0 Å². The van der Waals surface area contributed by atoms with E-state index in [1.54, 1.807) is 0 Å². The average Bonchev–Trinajstić information content (AvgIpc) is 2.24. The van der Waals surface area contributed by atoms with Gasteiger partial charge in [-0.25, -0.2) is 0 Å². The number of hydrogen-bond donors (Lipinski definition) is 2. The zero-order valence-corrected chi connectivity index (χ0v) is 11.5. The van der Waals surface area contributed by atoms with Crippen LogP contribution in [0.1, 0.15) is 53.4 Å². The Balaban J connectivity index is 2.35. The smallest absolute Gasteiger partial charge is 0.0680 e. The van der Waals surface area contributed by atoms with E-state index in [1.807, 2.05) is 6.92 Å². The van der Waals surface area contributed by atoms with Gasteiger partial charge in [-0.05, 0) is 44.4 Å². The molecule has 4 unspecified atom stereocenters. The molecule has 2 rings (SSSR count). The van der Waals surface area contributed by atoms with E-state index >= 15 is 0 Å². The topological polar surface area (TPSA) is 40.5 Å². The van der Waals surface area contributed by atoms with Gasteiger partial charge >= 0.3 is 0 Å². The Morgan fingerprint density at radius 1 is 1.35 bits per heavy atom. The molecule has 17 heavy (non-hydrogen) atoms. The summed E-state index contributed by atoms with van der Waals surface area (Å²) in [6.07, 6.45) is 5.35. The highest BCUT2D eigenvalue weighted by Crippen LogP contribution is 2.55. The largest absolute Gasteiger partial charge is 0.393 e. The molecule has 0 aromatic rings. The molecule has 1 fully saturated rings. The van der Waals surface area contributed by atoms with E-state index in [1.165, 1.54) is 5.57 Å². The summed E-state index contributed by atoms with van der Waals surface area (Å²) in [7, 11) is 0. The summed E-state index contributed by atoms with van der Waals surface area (Å²) < 4.78 is 0. The molecular weight excluding hydrogens is 212 g/mol. The maximum atomic E-state index is 10.7. The minimum atomic E-state index is -0.648. The van der Waals surface area contributed by atoms with Crippen molar-refractivity contribution in [3.63, 3.8) is 0 Å². The van der Waals surface area contributed by atoms with Crippen molar-refractivity contribution in [1.29, 1.82) is 0 Å². The average molecular weight is 238 g/mol. The third kappa shape index (κ3) is 1.96. The predicted octanol–water partition coefficient (Wildman–Crippen LogP) is 2.89. The van der Waals surface area contributed by atoms with Crippen LogP contribution in [-0.4, -0.2) is 21.9 Å². The van der Waals surface area contributed by atoms with Gasteiger partial charge in [0.1, 0.15) is 0 Å². The molecule has 2 N–H and O–H groups in total. The highest BCUT2D eigenvalue weighted by molar-refractivity contribution is 5.20. The molecule has 0 spiro atoms. The minimum Gasteiger partial charge on any atom is -0.393 e. The highest BCUT2D eigenvalue weighted by atomic mass is 16.3. The Hall–Kier alpha value is -0.340. The summed E-state index contributed by atoms with van der Waals surface area (Å²) >= 11 is 0. The van der Waals surface area contributed by atoms with Crippen LogP contribution in [0.4, 0.5) is 0 Å². The first-order valence-electron chi connectivity index (χ1n) is 6.87. The van der Waals surface area contributed by atoms with E-state index in [-0.39, 0.29) is 17.4 Å². The fraction of sp³-hybridized carbons (Fsp3) is 0.867. The summed E-state index contributed by atoms with van der Waals surface area (Å²) in [6.45, 7) is 8.54. The monoisotopic (exact) mass is 238 g/mol. The number of aliphatic hydroxyl groups is 2. The first-order chi connectivity index (χ1) is 7.78. The van der Waals surface area contributed by atoms with Crippen LogP contribution < -0.4 is 0 Å². The van der Waals surface area contributed by atoms with Gasteiger partial charge in [0.25, 0.3) is 0 Å². The van der Waals surface area contributed by atoms with Crippen molar-refractivity contribution in [3.8, 4) is 0 Å². The number of rotatable bonds is 1. The lowest BCUT2D eigenvalue weighted by Gasteiger charge is -2.56. The SMILES string of the molecule is CC(C)C1=CCC2C(O)CCC(C)(O)C2(C)C1. The second-order valence-corrected chi connectivity index (χ2v) is 6.75. The van der Waals surface area contributed by atoms with E-state index in [0.29, 0.717) is 12.3 Å². The quantitative estimate of drug-likeness (QED) is 0.690. The van der Waals surface area contributed by atoms with Crippen LogP contribution in [0.25, 0.3) is 0 Å². The molecule has 0 amide bonds. The standard InChI is InChI=1S/C15H26O2/c1-10(2)11-5-6-12-13(16)7-8-15(4,17)14(12,3)9-11/h5,10,12-13,16-17H,6-9H2,1-4H3. The van der Waals surface area contributed by atoms with Crippen LogP contribution in [0.15, 0.2) is 11.6 Å². The summed E-state index contributed by atoms with van der Waals surface area (Å²) in [5, 5.41) is 20.9. The Bertz CT molecular complexity index is 330. The maximum Gasteiger partial charge on any atom is 0.0680 e. The maximum absolute atomic E-state index is 10.7. The zero-order valence-electron chi connectivity index (χ0n) is 11.5. The molecule has 98 valence electrons. The number of hydrogen-bond acceptors (Lipinski definition) is 2. The molecule has 0 aromatic carbocycles. The molecule has 0 aromatic heterocycles. The summed E-state index contributed by atoms with van der Waals surface area (Å²) in [4.78, 5) is 0. The lowest BCUT2D eigenvalue weighted by atomic mass is 9.52. The van der Waals surface area contributed by atoms with Crippen molar-refractivity contribution < 1.29 is 10.2 Å². The summed E-state index contributed by atoms with van der Waals surface area (Å²) in [5.41, 5.74) is 0.628. The molecule has 0 bridgehead atoms. The van der Waals surface area contributed by atoms with Gasteiger partial charge in [0.05, 0.1) is 11.7 Å². The van der Waals surface area contributed by atoms with Gasteiger partial charge in [-0.2, -0.15) is 0 Å². The second-order valence-electron chi connectivity index (χ2n) is 6.75. The van der Waals surface area contributed by atoms with E-state index in [4.69, 9.17) is 0 Å². The van der Waals surface area contributed by atoms with Gasteiger partial charge in [0, 0.05) is 5.41 Å². The molecule has 0 aliphatic heterocycles. The van der Waals surface area contributed by atoms with Gasteiger partial charge in [-0.3, -0.25) is 0 Å². The normalized spacial score (nSPS) is 46.6. The van der Waals surface area contributed by atoms with E-state index in [0.717, 1.165) is 19.3 Å². The van der Waals surface area contributed by atoms with Crippen molar-refractivity contribution >= 4 is 0 Å². The molecule has 0 radical (unpaired) electrons. The van der Waals surface area contributed by atoms with Crippen molar-refractivity contribution in [2.45, 2.75) is 65.1 Å². The molecule has 1 saturated carbocycles. The van der Waals surface area contributed by atoms with E-state index < -0.39 is 5.60 Å². The van der Waals surface area contributed by atoms with Gasteiger partial charge in [0.15, 0.2) is 0 Å². The van der Waals surface area contributed by atoms with Gasteiger partial charge < -0.3 is 10.2 Å². The summed E-state index contributed by atoms with van der Waals surface area (Å²) in [6, 6.07) is 0. The fourth-order valence-corrected chi connectivity index (χ4v) is 3.69. The van der Waals surface area contributed by atoms with Crippen molar-refractivity contribution in [2.75, 3.05) is 0 Å². The van der Waals surface area contributed by atoms with Gasteiger partial charge in [-0.1, -0.05) is 32.4 Å². The van der Waals surface area contributed by atoms with Crippen LogP contribution in [-0.2, 0) is 0 Å². The lowest BCUT2D eigenvalue weighted by molar-refractivity contribution is -0.164. The second kappa shape index (κ2) is 4.10. The lowest BCUT2D eigenvalue weighted by Crippen LogP contribution is -2.57. The Labute approximate surface area is 105 Å². The number of aliphatic hydroxyl groups excluding tert-OH is 1.